The van der Waals surface area contributed by atoms with Gasteiger partial charge in [0.25, 0.3) is 0 Å². The second-order valence-corrected chi connectivity index (χ2v) is 16.7. The smallest absolute Gasteiger partial charge is 0.410 e. The van der Waals surface area contributed by atoms with E-state index < -0.39 is 72.0 Å². The summed E-state index contributed by atoms with van der Waals surface area (Å²) in [5.74, 6) is 3.74. The first-order chi connectivity index (χ1) is 26.6. The van der Waals surface area contributed by atoms with Crippen molar-refractivity contribution in [2.75, 3.05) is 33.8 Å². The van der Waals surface area contributed by atoms with Crippen molar-refractivity contribution in [2.45, 2.75) is 128 Å². The van der Waals surface area contributed by atoms with Crippen molar-refractivity contribution in [1.29, 1.82) is 0 Å². The number of cyclic esters (lactones) is 1. The summed E-state index contributed by atoms with van der Waals surface area (Å²) in [5.41, 5.74) is 0.0335. The van der Waals surface area contributed by atoms with E-state index >= 15 is 0 Å². The first-order valence-electron chi connectivity index (χ1n) is 19.9. The van der Waals surface area contributed by atoms with Crippen LogP contribution in [-0.4, -0.2) is 131 Å². The molecule has 1 amide bonds. The molecule has 0 saturated carbocycles. The third kappa shape index (κ3) is 8.36. The van der Waals surface area contributed by atoms with Crippen molar-refractivity contribution in [3.05, 3.63) is 42.1 Å². The lowest BCUT2D eigenvalue weighted by molar-refractivity contribution is -0.296. The summed E-state index contributed by atoms with van der Waals surface area (Å²) in [4.78, 5) is 54.5. The number of likely N-dealkylation sites (N-methyl/N-ethyl adjacent to an activating group) is 1. The second-order valence-electron chi connectivity index (χ2n) is 16.7. The van der Waals surface area contributed by atoms with Crippen LogP contribution in [0.5, 0.6) is 0 Å². The van der Waals surface area contributed by atoms with Gasteiger partial charge in [0.1, 0.15) is 31.0 Å². The quantitative estimate of drug-likeness (QED) is 0.245. The molecule has 1 aromatic carbocycles. The Labute approximate surface area is 330 Å². The van der Waals surface area contributed by atoms with Gasteiger partial charge in [-0.2, -0.15) is 0 Å². The Kier molecular flexibility index (Phi) is 12.6. The highest BCUT2D eigenvalue weighted by molar-refractivity contribution is 5.97. The lowest BCUT2D eigenvalue weighted by atomic mass is 9.73. The van der Waals surface area contributed by atoms with Gasteiger partial charge in [0.15, 0.2) is 11.9 Å². The highest BCUT2D eigenvalue weighted by Crippen LogP contribution is 2.43. The third-order valence-electron chi connectivity index (χ3n) is 12.3. The van der Waals surface area contributed by atoms with E-state index in [4.69, 9.17) is 28.7 Å². The summed E-state index contributed by atoms with van der Waals surface area (Å²) in [7, 11) is 3.79. The number of aliphatic hydroxyl groups excluding tert-OH is 1. The molecule has 2 bridgehead atoms. The number of rotatable bonds is 6. The van der Waals surface area contributed by atoms with Crippen LogP contribution in [-0.2, 0) is 33.3 Å². The lowest BCUT2D eigenvalue weighted by Crippen LogP contribution is -2.60. The standard InChI is InChI=1S/C43H58N4O9/c1-10-34-43(7)38-28(5)36(44-17-18-47(38)41(51)56-43)25(2)23-42(6,52-19-13-14-29-21-30-15-11-12-16-31(30)45-24-29)39(27(4)33(48)22-35(49)54-34)55-40-37(50)32(46(8)9)20-26(3)53-40/h11-12,15-16,21,24-28,32,34,37-40,50H,10,17-20,22-23H2,1-9H3/t25-,26-,27+,28-,32+,34+,37-,38-,39-,40+,42+,43-/m1/s1. The van der Waals surface area contributed by atoms with Crippen LogP contribution in [0.1, 0.15) is 79.7 Å². The van der Waals surface area contributed by atoms with Crippen LogP contribution in [0.4, 0.5) is 4.79 Å². The van der Waals surface area contributed by atoms with E-state index in [1.54, 1.807) is 18.0 Å². The number of para-hydroxylation sites is 1. The van der Waals surface area contributed by atoms with Crippen molar-refractivity contribution in [3.8, 4) is 11.8 Å². The number of hydrogen-bond acceptors (Lipinski definition) is 12. The van der Waals surface area contributed by atoms with E-state index in [0.29, 0.717) is 32.4 Å². The van der Waals surface area contributed by atoms with Gasteiger partial charge in [-0.15, -0.1) is 0 Å². The molecule has 0 aliphatic carbocycles. The van der Waals surface area contributed by atoms with Crippen molar-refractivity contribution in [2.24, 2.45) is 22.7 Å². The second kappa shape index (κ2) is 16.9. The zero-order chi connectivity index (χ0) is 40.5. The number of carbonyl (C=O) groups excluding carboxylic acids is 3. The average Bonchev–Trinajstić information content (AvgIpc) is 3.28. The Balaban J connectivity index is 1.41. The number of aliphatic hydroxyl groups is 1. The number of hydrogen-bond donors (Lipinski definition) is 1. The van der Waals surface area contributed by atoms with Crippen LogP contribution in [0.3, 0.4) is 0 Å². The van der Waals surface area contributed by atoms with E-state index in [0.717, 1.165) is 22.2 Å². The van der Waals surface area contributed by atoms with Crippen molar-refractivity contribution in [3.63, 3.8) is 0 Å². The van der Waals surface area contributed by atoms with E-state index in [9.17, 15) is 19.5 Å². The van der Waals surface area contributed by atoms with E-state index in [2.05, 4.69) is 23.7 Å². The van der Waals surface area contributed by atoms with Crippen LogP contribution in [0, 0.1) is 29.6 Å². The molecule has 0 radical (unpaired) electrons. The number of aromatic nitrogens is 1. The Morgan fingerprint density at radius 1 is 1.09 bits per heavy atom. The largest absolute Gasteiger partial charge is 0.458 e. The van der Waals surface area contributed by atoms with Gasteiger partial charge < -0.3 is 33.7 Å². The molecule has 304 valence electrons. The minimum Gasteiger partial charge on any atom is -0.458 e. The maximum Gasteiger partial charge on any atom is 0.410 e. The molecule has 6 rings (SSSR count). The van der Waals surface area contributed by atoms with Gasteiger partial charge in [0, 0.05) is 47.3 Å². The number of pyridine rings is 1. The van der Waals surface area contributed by atoms with Gasteiger partial charge in [0.2, 0.25) is 0 Å². The molecule has 13 nitrogen and oxygen atoms in total. The lowest BCUT2D eigenvalue weighted by Gasteiger charge is -2.47. The summed E-state index contributed by atoms with van der Waals surface area (Å²) in [6, 6.07) is 9.04. The summed E-state index contributed by atoms with van der Waals surface area (Å²) < 4.78 is 32.0. The molecular formula is C43H58N4O9. The number of fused-ring (bicyclic) bond motifs is 2. The fourth-order valence-corrected chi connectivity index (χ4v) is 9.50. The number of ether oxygens (including phenoxy) is 5. The number of benzene rings is 1. The fourth-order valence-electron chi connectivity index (χ4n) is 9.50. The Morgan fingerprint density at radius 3 is 2.57 bits per heavy atom. The number of ketones is 1. The minimum atomic E-state index is -1.23. The highest BCUT2D eigenvalue weighted by Gasteiger charge is 2.60. The molecule has 3 fully saturated rings. The minimum absolute atomic E-state index is 0.0271. The predicted molar refractivity (Wildman–Crippen MR) is 210 cm³/mol. The van der Waals surface area contributed by atoms with Crippen molar-refractivity contribution >= 4 is 34.5 Å². The summed E-state index contributed by atoms with van der Waals surface area (Å²) in [5, 5.41) is 12.6. The molecule has 4 aliphatic rings. The summed E-state index contributed by atoms with van der Waals surface area (Å²) >= 11 is 0. The molecule has 12 atom stereocenters. The van der Waals surface area contributed by atoms with Gasteiger partial charge in [-0.3, -0.25) is 24.5 Å². The normalized spacial score (nSPS) is 36.9. The summed E-state index contributed by atoms with van der Waals surface area (Å²) in [6.45, 7) is 14.0. The molecule has 2 aromatic rings. The fraction of sp³-hybridized carbons (Fsp3) is 0.651. The zero-order valence-electron chi connectivity index (χ0n) is 34.2. The molecule has 56 heavy (non-hydrogen) atoms. The molecule has 3 saturated heterocycles. The topological polar surface area (TPSA) is 149 Å². The van der Waals surface area contributed by atoms with Gasteiger partial charge in [-0.25, -0.2) is 4.79 Å². The zero-order valence-corrected chi connectivity index (χ0v) is 34.2. The average molecular weight is 775 g/mol. The van der Waals surface area contributed by atoms with Crippen LogP contribution in [0.2, 0.25) is 0 Å². The molecule has 0 spiro atoms. The number of Topliss-reactive ketones (excluding diaryl/α,β-unsaturated/α-hetero) is 1. The van der Waals surface area contributed by atoms with E-state index in [1.165, 1.54) is 0 Å². The van der Waals surface area contributed by atoms with Gasteiger partial charge in [-0.1, -0.05) is 57.7 Å². The Hall–Kier alpha value is -3.93. The Morgan fingerprint density at radius 2 is 1.84 bits per heavy atom. The van der Waals surface area contributed by atoms with Gasteiger partial charge in [0.05, 0.1) is 35.9 Å². The van der Waals surface area contributed by atoms with Crippen molar-refractivity contribution in [1.82, 2.24) is 14.8 Å². The first-order valence-corrected chi connectivity index (χ1v) is 19.9. The molecule has 1 aromatic heterocycles. The number of amides is 1. The number of esters is 1. The third-order valence-corrected chi connectivity index (χ3v) is 12.3. The molecule has 13 heteroatoms. The van der Waals surface area contributed by atoms with Gasteiger partial charge in [-0.05, 0) is 72.2 Å². The Bertz CT molecular complexity index is 1880. The van der Waals surface area contributed by atoms with Crippen LogP contribution in [0.25, 0.3) is 10.9 Å². The van der Waals surface area contributed by atoms with Crippen molar-refractivity contribution < 1.29 is 43.2 Å². The van der Waals surface area contributed by atoms with Crippen LogP contribution < -0.4 is 0 Å². The molecular weight excluding hydrogens is 716 g/mol. The highest BCUT2D eigenvalue weighted by atomic mass is 16.7. The number of aliphatic imine (C=N–C) groups is 1. The van der Waals surface area contributed by atoms with Gasteiger partial charge >= 0.3 is 12.1 Å². The number of carbonyl (C=O) groups is 3. The van der Waals surface area contributed by atoms with E-state index in [1.807, 2.05) is 83.9 Å². The maximum absolute atomic E-state index is 14.2. The van der Waals surface area contributed by atoms with Crippen LogP contribution in [0.15, 0.2) is 41.5 Å². The SMILES string of the molecule is CC[C@@H]1OC(=O)CC(=O)[C@H](C)[C@@H](O[C@@H]2O[C@H](C)C[C@H](N(C)C)[C@H]2O)[C@@](C)(OCC#Cc2cnc3ccccc3c2)C[C@@H](C)C2=NCCN3C(=O)O[C@@]1(C)[C@H]3[C@@H]2C. The summed E-state index contributed by atoms with van der Waals surface area (Å²) in [6.07, 6.45) is -2.20. The number of nitrogens with zero attached hydrogens (tertiary/aromatic N) is 4. The monoisotopic (exact) mass is 774 g/mol. The first kappa shape index (κ1) is 41.7. The molecule has 4 aliphatic heterocycles. The predicted octanol–water partition coefficient (Wildman–Crippen LogP) is 4.80. The molecule has 1 N–H and O–H groups in total. The van der Waals surface area contributed by atoms with Crippen LogP contribution >= 0.6 is 0 Å². The van der Waals surface area contributed by atoms with E-state index in [-0.39, 0.29) is 30.6 Å². The molecule has 0 unspecified atom stereocenters. The molecule has 5 heterocycles. The maximum atomic E-state index is 14.2.